The first-order valence-corrected chi connectivity index (χ1v) is 7.90. The Morgan fingerprint density at radius 1 is 1.36 bits per heavy atom. The number of aliphatic hydroxyl groups excluding tert-OH is 1. The molecule has 2 aromatic rings. The molecule has 0 saturated carbocycles. The van der Waals surface area contributed by atoms with Crippen molar-refractivity contribution in [2.45, 2.75) is 38.0 Å². The number of fused-ring (bicyclic) bond motifs is 1. The number of imidazole rings is 1. The van der Waals surface area contributed by atoms with Gasteiger partial charge in [0.15, 0.2) is 0 Å². The van der Waals surface area contributed by atoms with Gasteiger partial charge in [-0.1, -0.05) is 12.1 Å². The predicted molar refractivity (Wildman–Crippen MR) is 83.9 cm³/mol. The lowest BCUT2D eigenvalue weighted by Gasteiger charge is -2.30. The average molecular weight is 353 g/mol. The topological polar surface area (TPSA) is 67.2 Å². The number of rotatable bonds is 4. The number of alkyl halides is 3. The highest BCUT2D eigenvalue weighted by Gasteiger charge is 2.35. The highest BCUT2D eigenvalue weighted by atomic mass is 19.4. The molecule has 0 fully saturated rings. The van der Waals surface area contributed by atoms with Crippen LogP contribution in [0.4, 0.5) is 13.2 Å². The van der Waals surface area contributed by atoms with Crippen LogP contribution in [0, 0.1) is 0 Å². The van der Waals surface area contributed by atoms with Gasteiger partial charge in [0, 0.05) is 13.0 Å². The Balaban J connectivity index is 1.89. The molecule has 0 bridgehead atoms. The lowest BCUT2D eigenvalue weighted by atomic mass is 9.91. The standard InChI is InChI=1S/C17H18F3N3O2/c1-16(10-24,11-4-2-5-12(8-11)17(18,19)20)22-15(25)13-9-21-14-6-3-7-23(13)14/h2,4-5,8-9,24H,3,6-7,10H2,1H3,(H,22,25). The van der Waals surface area contributed by atoms with Crippen LogP contribution in [0.2, 0.25) is 0 Å². The second-order valence-electron chi connectivity index (χ2n) is 6.34. The van der Waals surface area contributed by atoms with Crippen molar-refractivity contribution in [1.82, 2.24) is 14.9 Å². The summed E-state index contributed by atoms with van der Waals surface area (Å²) in [6.07, 6.45) is -1.36. The number of nitrogens with one attached hydrogen (secondary N) is 1. The van der Waals surface area contributed by atoms with Crippen LogP contribution >= 0.6 is 0 Å². The van der Waals surface area contributed by atoms with Crippen molar-refractivity contribution in [2.75, 3.05) is 6.61 Å². The Morgan fingerprint density at radius 2 is 2.08 bits per heavy atom. The minimum absolute atomic E-state index is 0.180. The van der Waals surface area contributed by atoms with Gasteiger partial charge in [0.1, 0.15) is 11.5 Å². The van der Waals surface area contributed by atoms with Crippen LogP contribution in [0.5, 0.6) is 0 Å². The first kappa shape index (κ1) is 17.5. The molecule has 0 saturated heterocycles. The predicted octanol–water partition coefficient (Wildman–Crippen LogP) is 2.49. The molecule has 25 heavy (non-hydrogen) atoms. The molecule has 0 radical (unpaired) electrons. The molecule has 1 atom stereocenters. The van der Waals surface area contributed by atoms with Crippen LogP contribution in [-0.4, -0.2) is 27.2 Å². The van der Waals surface area contributed by atoms with Gasteiger partial charge >= 0.3 is 6.18 Å². The van der Waals surface area contributed by atoms with Crippen molar-refractivity contribution in [1.29, 1.82) is 0 Å². The molecule has 0 spiro atoms. The van der Waals surface area contributed by atoms with Gasteiger partial charge in [-0.05, 0) is 31.0 Å². The zero-order valence-electron chi connectivity index (χ0n) is 13.6. The van der Waals surface area contributed by atoms with Crippen LogP contribution in [0.15, 0.2) is 30.5 Å². The van der Waals surface area contributed by atoms with E-state index in [1.165, 1.54) is 25.3 Å². The van der Waals surface area contributed by atoms with E-state index < -0.39 is 29.8 Å². The van der Waals surface area contributed by atoms with Gasteiger partial charge in [-0.15, -0.1) is 0 Å². The van der Waals surface area contributed by atoms with E-state index >= 15 is 0 Å². The molecule has 1 amide bonds. The van der Waals surface area contributed by atoms with Crippen molar-refractivity contribution in [3.8, 4) is 0 Å². The number of hydrogen-bond acceptors (Lipinski definition) is 3. The third-order valence-corrected chi connectivity index (χ3v) is 4.49. The maximum atomic E-state index is 12.9. The van der Waals surface area contributed by atoms with Crippen molar-refractivity contribution in [3.05, 3.63) is 53.1 Å². The van der Waals surface area contributed by atoms with Crippen LogP contribution in [0.25, 0.3) is 0 Å². The molecule has 1 unspecified atom stereocenters. The van der Waals surface area contributed by atoms with Gasteiger partial charge < -0.3 is 15.0 Å². The molecule has 1 aliphatic rings. The fraction of sp³-hybridized carbons (Fsp3) is 0.412. The fourth-order valence-corrected chi connectivity index (χ4v) is 3.00. The van der Waals surface area contributed by atoms with E-state index in [-0.39, 0.29) is 5.56 Å². The number of carbonyl (C=O) groups is 1. The molecule has 3 rings (SSSR count). The first-order chi connectivity index (χ1) is 11.7. The highest BCUT2D eigenvalue weighted by Crippen LogP contribution is 2.32. The zero-order valence-corrected chi connectivity index (χ0v) is 13.6. The quantitative estimate of drug-likeness (QED) is 0.887. The van der Waals surface area contributed by atoms with Gasteiger partial charge in [-0.2, -0.15) is 13.2 Å². The number of aryl methyl sites for hydroxylation is 1. The van der Waals surface area contributed by atoms with Crippen LogP contribution in [-0.2, 0) is 24.7 Å². The smallest absolute Gasteiger partial charge is 0.394 e. The Labute approximate surface area is 142 Å². The van der Waals surface area contributed by atoms with Crippen LogP contribution in [0.3, 0.4) is 0 Å². The number of benzene rings is 1. The Bertz CT molecular complexity index is 801. The van der Waals surface area contributed by atoms with Gasteiger partial charge in [0.2, 0.25) is 0 Å². The van der Waals surface area contributed by atoms with E-state index in [0.29, 0.717) is 12.2 Å². The van der Waals surface area contributed by atoms with Crippen molar-refractivity contribution < 1.29 is 23.1 Å². The lowest BCUT2D eigenvalue weighted by Crippen LogP contribution is -2.47. The largest absolute Gasteiger partial charge is 0.416 e. The minimum atomic E-state index is -4.50. The van der Waals surface area contributed by atoms with E-state index in [1.54, 1.807) is 4.57 Å². The van der Waals surface area contributed by atoms with E-state index in [0.717, 1.165) is 30.8 Å². The molecule has 134 valence electrons. The monoisotopic (exact) mass is 353 g/mol. The number of aliphatic hydroxyl groups is 1. The maximum absolute atomic E-state index is 12.9. The van der Waals surface area contributed by atoms with E-state index in [2.05, 4.69) is 10.3 Å². The number of amides is 1. The molecule has 1 aromatic heterocycles. The normalized spacial score (nSPS) is 16.4. The molecular formula is C17H18F3N3O2. The molecule has 1 aliphatic heterocycles. The maximum Gasteiger partial charge on any atom is 0.416 e. The lowest BCUT2D eigenvalue weighted by molar-refractivity contribution is -0.137. The summed E-state index contributed by atoms with van der Waals surface area (Å²) in [5.74, 6) is 0.338. The summed E-state index contributed by atoms with van der Waals surface area (Å²) in [7, 11) is 0. The van der Waals surface area contributed by atoms with Crippen LogP contribution in [0.1, 0.15) is 40.8 Å². The molecule has 2 N–H and O–H groups in total. The Morgan fingerprint density at radius 3 is 2.76 bits per heavy atom. The third-order valence-electron chi connectivity index (χ3n) is 4.49. The highest BCUT2D eigenvalue weighted by molar-refractivity contribution is 5.93. The molecule has 0 aliphatic carbocycles. The number of halogens is 3. The van der Waals surface area contributed by atoms with E-state index in [4.69, 9.17) is 0 Å². The van der Waals surface area contributed by atoms with Gasteiger partial charge in [0.05, 0.1) is 23.9 Å². The average Bonchev–Trinajstić information content (AvgIpc) is 3.17. The summed E-state index contributed by atoms with van der Waals surface area (Å²) < 4.78 is 40.6. The number of carbonyl (C=O) groups excluding carboxylic acids is 1. The Kier molecular flexibility index (Phi) is 4.32. The molecule has 5 nitrogen and oxygen atoms in total. The summed E-state index contributed by atoms with van der Waals surface area (Å²) in [5.41, 5.74) is -1.65. The zero-order chi connectivity index (χ0) is 18.2. The first-order valence-electron chi connectivity index (χ1n) is 7.90. The van der Waals surface area contributed by atoms with Crippen molar-refractivity contribution >= 4 is 5.91 Å². The fourth-order valence-electron chi connectivity index (χ4n) is 3.00. The van der Waals surface area contributed by atoms with E-state index in [1.807, 2.05) is 0 Å². The third kappa shape index (κ3) is 3.26. The summed E-state index contributed by atoms with van der Waals surface area (Å²) in [6.45, 7) is 1.63. The van der Waals surface area contributed by atoms with E-state index in [9.17, 15) is 23.1 Å². The minimum Gasteiger partial charge on any atom is -0.394 e. The molecular weight excluding hydrogens is 335 g/mol. The number of hydrogen-bond donors (Lipinski definition) is 2. The number of nitrogens with zero attached hydrogens (tertiary/aromatic N) is 2. The van der Waals surface area contributed by atoms with Crippen molar-refractivity contribution in [2.24, 2.45) is 0 Å². The van der Waals surface area contributed by atoms with Crippen LogP contribution < -0.4 is 5.32 Å². The molecule has 2 heterocycles. The summed E-state index contributed by atoms with van der Waals surface area (Å²) in [4.78, 5) is 16.8. The second kappa shape index (κ2) is 6.18. The second-order valence-corrected chi connectivity index (χ2v) is 6.34. The number of aromatic nitrogens is 2. The van der Waals surface area contributed by atoms with Gasteiger partial charge in [0.25, 0.3) is 5.91 Å². The van der Waals surface area contributed by atoms with Gasteiger partial charge in [-0.25, -0.2) is 4.98 Å². The molecule has 8 heteroatoms. The summed E-state index contributed by atoms with van der Waals surface area (Å²) >= 11 is 0. The summed E-state index contributed by atoms with van der Waals surface area (Å²) in [5, 5.41) is 12.4. The Hall–Kier alpha value is -2.35. The SMILES string of the molecule is CC(CO)(NC(=O)c1cnc2n1CCC2)c1cccc(C(F)(F)F)c1. The van der Waals surface area contributed by atoms with Crippen molar-refractivity contribution in [3.63, 3.8) is 0 Å². The summed E-state index contributed by atoms with van der Waals surface area (Å²) in [6, 6.07) is 4.60. The molecule has 1 aromatic carbocycles. The van der Waals surface area contributed by atoms with Gasteiger partial charge in [-0.3, -0.25) is 4.79 Å².